The molecule has 0 fully saturated rings. The van der Waals surface area contributed by atoms with E-state index < -0.39 is 0 Å². The highest BCUT2D eigenvalue weighted by Gasteiger charge is 2.13. The zero-order valence-corrected chi connectivity index (χ0v) is 20.5. The third-order valence-electron chi connectivity index (χ3n) is 5.63. The molecule has 5 rings (SSSR count). The van der Waals surface area contributed by atoms with Crippen molar-refractivity contribution in [2.24, 2.45) is 0 Å². The van der Waals surface area contributed by atoms with Crippen molar-refractivity contribution >= 4 is 40.3 Å². The lowest BCUT2D eigenvalue weighted by atomic mass is 10.1. The van der Waals surface area contributed by atoms with Gasteiger partial charge in [-0.1, -0.05) is 78.0 Å². The molecule has 3 aromatic carbocycles. The van der Waals surface area contributed by atoms with E-state index in [1.54, 1.807) is 18.0 Å². The second-order valence-corrected chi connectivity index (χ2v) is 9.51. The van der Waals surface area contributed by atoms with Crippen LogP contribution in [0.2, 0.25) is 5.02 Å². The molecule has 0 radical (unpaired) electrons. The quantitative estimate of drug-likeness (QED) is 0.253. The Morgan fingerprint density at radius 3 is 2.51 bits per heavy atom. The summed E-state index contributed by atoms with van der Waals surface area (Å²) < 4.78 is 2.17. The van der Waals surface area contributed by atoms with Crippen molar-refractivity contribution < 1.29 is 4.79 Å². The number of rotatable bonds is 8. The Hall–Kier alpha value is -3.61. The SMILES string of the molecule is O=C(NCc1ccccc1)c1ccc(Cn2c(SCc3cccc(Cl)c3)nc3ccncc32)cc1. The van der Waals surface area contributed by atoms with E-state index in [4.69, 9.17) is 16.6 Å². The van der Waals surface area contributed by atoms with Gasteiger partial charge in [0.1, 0.15) is 0 Å². The van der Waals surface area contributed by atoms with Gasteiger partial charge in [0, 0.05) is 29.1 Å². The van der Waals surface area contributed by atoms with Crippen molar-refractivity contribution in [1.82, 2.24) is 19.9 Å². The van der Waals surface area contributed by atoms with Gasteiger partial charge in [0.25, 0.3) is 5.91 Å². The Bertz CT molecular complexity index is 1450. The molecule has 1 N–H and O–H groups in total. The van der Waals surface area contributed by atoms with Gasteiger partial charge in [-0.25, -0.2) is 4.98 Å². The van der Waals surface area contributed by atoms with E-state index in [9.17, 15) is 4.79 Å². The summed E-state index contributed by atoms with van der Waals surface area (Å²) >= 11 is 7.82. The number of nitrogens with zero attached hydrogens (tertiary/aromatic N) is 3. The molecule has 0 spiro atoms. The molecule has 0 bridgehead atoms. The van der Waals surface area contributed by atoms with Gasteiger partial charge in [0.15, 0.2) is 5.16 Å². The van der Waals surface area contributed by atoms with Crippen LogP contribution < -0.4 is 5.32 Å². The fourth-order valence-corrected chi connectivity index (χ4v) is 4.98. The molecule has 0 aliphatic rings. The molecule has 0 atom stereocenters. The molecule has 0 aliphatic heterocycles. The van der Waals surface area contributed by atoms with Crippen molar-refractivity contribution in [3.63, 3.8) is 0 Å². The van der Waals surface area contributed by atoms with Gasteiger partial charge in [-0.2, -0.15) is 0 Å². The van der Waals surface area contributed by atoms with Crippen molar-refractivity contribution in [3.05, 3.63) is 125 Å². The van der Waals surface area contributed by atoms with Crippen LogP contribution in [0.15, 0.2) is 102 Å². The normalized spacial score (nSPS) is 11.0. The van der Waals surface area contributed by atoms with Crippen molar-refractivity contribution in [1.29, 1.82) is 0 Å². The van der Waals surface area contributed by atoms with E-state index in [0.29, 0.717) is 18.7 Å². The minimum Gasteiger partial charge on any atom is -0.348 e. The van der Waals surface area contributed by atoms with Crippen LogP contribution in [0.4, 0.5) is 0 Å². The predicted molar refractivity (Wildman–Crippen MR) is 142 cm³/mol. The van der Waals surface area contributed by atoms with E-state index in [0.717, 1.165) is 43.7 Å². The number of hydrogen-bond acceptors (Lipinski definition) is 4. The zero-order valence-electron chi connectivity index (χ0n) is 18.9. The van der Waals surface area contributed by atoms with Crippen LogP contribution in [0.1, 0.15) is 27.0 Å². The fourth-order valence-electron chi connectivity index (χ4n) is 3.81. The number of thioether (sulfide) groups is 1. The highest BCUT2D eigenvalue weighted by atomic mass is 35.5. The van der Waals surface area contributed by atoms with Crippen LogP contribution in [0, 0.1) is 0 Å². The zero-order chi connectivity index (χ0) is 24.0. The molecular formula is C28H23ClN4OS. The third kappa shape index (κ3) is 5.73. The summed E-state index contributed by atoms with van der Waals surface area (Å²) in [6.07, 6.45) is 3.60. The monoisotopic (exact) mass is 498 g/mol. The van der Waals surface area contributed by atoms with E-state index in [-0.39, 0.29) is 5.91 Å². The van der Waals surface area contributed by atoms with Gasteiger partial charge in [-0.15, -0.1) is 0 Å². The molecule has 5 aromatic rings. The number of benzene rings is 3. The Labute approximate surface area is 213 Å². The van der Waals surface area contributed by atoms with Crippen LogP contribution in [-0.4, -0.2) is 20.4 Å². The highest BCUT2D eigenvalue weighted by molar-refractivity contribution is 7.98. The first-order chi connectivity index (χ1) is 17.2. The van der Waals surface area contributed by atoms with Gasteiger partial charge in [-0.3, -0.25) is 9.78 Å². The molecule has 0 saturated heterocycles. The molecule has 5 nitrogen and oxygen atoms in total. The average molecular weight is 499 g/mol. The minimum absolute atomic E-state index is 0.0875. The lowest BCUT2D eigenvalue weighted by Gasteiger charge is -2.10. The Kier molecular flexibility index (Phi) is 7.12. The number of carbonyl (C=O) groups excluding carboxylic acids is 1. The number of imidazole rings is 1. The number of hydrogen-bond donors (Lipinski definition) is 1. The Balaban J connectivity index is 1.31. The van der Waals surface area contributed by atoms with Crippen LogP contribution in [0.5, 0.6) is 0 Å². The molecule has 0 aliphatic carbocycles. The van der Waals surface area contributed by atoms with Crippen LogP contribution in [0.25, 0.3) is 11.0 Å². The summed E-state index contributed by atoms with van der Waals surface area (Å²) in [6, 6.07) is 27.4. The first-order valence-electron chi connectivity index (χ1n) is 11.2. The summed E-state index contributed by atoms with van der Waals surface area (Å²) in [5.41, 5.74) is 5.82. The standard InChI is InChI=1S/C28H23ClN4OS/c29-24-8-4-7-22(15-24)19-35-28-32-25-13-14-30-17-26(25)33(28)18-21-9-11-23(12-10-21)27(34)31-16-20-5-2-1-3-6-20/h1-15,17H,16,18-19H2,(H,31,34). The second kappa shape index (κ2) is 10.8. The molecule has 174 valence electrons. The van der Waals surface area contributed by atoms with E-state index in [1.165, 1.54) is 0 Å². The van der Waals surface area contributed by atoms with Gasteiger partial charge < -0.3 is 9.88 Å². The number of aromatic nitrogens is 3. The third-order valence-corrected chi connectivity index (χ3v) is 6.91. The lowest BCUT2D eigenvalue weighted by Crippen LogP contribution is -2.22. The van der Waals surface area contributed by atoms with Gasteiger partial charge in [0.2, 0.25) is 0 Å². The van der Waals surface area contributed by atoms with Crippen molar-refractivity contribution in [2.45, 2.75) is 24.0 Å². The maximum absolute atomic E-state index is 12.6. The average Bonchev–Trinajstić information content (AvgIpc) is 3.24. The number of pyridine rings is 1. The maximum Gasteiger partial charge on any atom is 0.251 e. The summed E-state index contributed by atoms with van der Waals surface area (Å²) in [5, 5.41) is 4.62. The van der Waals surface area contributed by atoms with Crippen molar-refractivity contribution in [3.8, 4) is 0 Å². The smallest absolute Gasteiger partial charge is 0.251 e. The number of fused-ring (bicyclic) bond motifs is 1. The molecule has 7 heteroatoms. The summed E-state index contributed by atoms with van der Waals surface area (Å²) in [4.78, 5) is 21.7. The fraction of sp³-hybridized carbons (Fsp3) is 0.107. The molecule has 2 aromatic heterocycles. The van der Waals surface area contributed by atoms with E-state index in [2.05, 4.69) is 20.9 Å². The first-order valence-corrected chi connectivity index (χ1v) is 12.6. The van der Waals surface area contributed by atoms with Gasteiger partial charge in [-0.05, 0) is 47.0 Å². The van der Waals surface area contributed by atoms with Gasteiger partial charge >= 0.3 is 0 Å². The number of halogens is 1. The summed E-state index contributed by atoms with van der Waals surface area (Å²) in [7, 11) is 0. The molecule has 2 heterocycles. The summed E-state index contributed by atoms with van der Waals surface area (Å²) in [6.45, 7) is 1.13. The number of amides is 1. The van der Waals surface area contributed by atoms with Crippen molar-refractivity contribution in [2.75, 3.05) is 0 Å². The predicted octanol–water partition coefficient (Wildman–Crippen LogP) is 6.36. The number of carbonyl (C=O) groups is 1. The van der Waals surface area contributed by atoms with Crippen LogP contribution >= 0.6 is 23.4 Å². The number of nitrogens with one attached hydrogen (secondary N) is 1. The van der Waals surface area contributed by atoms with Gasteiger partial charge in [0.05, 0.1) is 23.8 Å². The molecule has 0 unspecified atom stereocenters. The first kappa shape index (κ1) is 23.1. The minimum atomic E-state index is -0.0875. The molecule has 1 amide bonds. The van der Waals surface area contributed by atoms with E-state index >= 15 is 0 Å². The van der Waals surface area contributed by atoms with Crippen LogP contribution in [0.3, 0.4) is 0 Å². The lowest BCUT2D eigenvalue weighted by molar-refractivity contribution is 0.0951. The maximum atomic E-state index is 12.6. The summed E-state index contributed by atoms with van der Waals surface area (Å²) in [5.74, 6) is 0.674. The highest BCUT2D eigenvalue weighted by Crippen LogP contribution is 2.28. The van der Waals surface area contributed by atoms with E-state index in [1.807, 2.05) is 85.1 Å². The largest absolute Gasteiger partial charge is 0.348 e. The Morgan fingerprint density at radius 2 is 1.71 bits per heavy atom. The Morgan fingerprint density at radius 1 is 0.914 bits per heavy atom. The van der Waals surface area contributed by atoms with Crippen LogP contribution in [-0.2, 0) is 18.8 Å². The topological polar surface area (TPSA) is 59.8 Å². The molecular weight excluding hydrogens is 476 g/mol. The molecule has 0 saturated carbocycles. The second-order valence-electron chi connectivity index (χ2n) is 8.13. The molecule has 35 heavy (non-hydrogen) atoms.